The summed E-state index contributed by atoms with van der Waals surface area (Å²) in [5, 5.41) is 3.44. The van der Waals surface area contributed by atoms with Gasteiger partial charge in [-0.15, -0.1) is 0 Å². The van der Waals surface area contributed by atoms with Gasteiger partial charge in [-0.05, 0) is 61.1 Å². The first kappa shape index (κ1) is 23.7. The first-order chi connectivity index (χ1) is 16.3. The summed E-state index contributed by atoms with van der Waals surface area (Å²) in [7, 11) is 0. The van der Waals surface area contributed by atoms with Crippen LogP contribution < -0.4 is 11.1 Å². The molecule has 3 aromatic rings. The standard InChI is InChI=1S/C25H21Cl2N3O4/c1-13(23(31)30-25(28)33)34-24(32)20-16-8-2-3-11-19(16)29-22-15(7-4-9-17(20)22)12-14-6-5-10-18(26)21(14)27/h2-3,5-6,8,10-13H,4,7,9H2,1H3,(H3,28,30,31,33)/b15-12+/t13-/m1/s1. The largest absolute Gasteiger partial charge is 0.449 e. The number of nitrogens with zero attached hydrogens (tertiary/aromatic N) is 1. The van der Waals surface area contributed by atoms with E-state index < -0.39 is 24.0 Å². The second-order valence-electron chi connectivity index (χ2n) is 7.90. The number of ether oxygens (including phenoxy) is 1. The number of carbonyl (C=O) groups excluding carboxylic acids is 3. The summed E-state index contributed by atoms with van der Waals surface area (Å²) in [5.41, 5.74) is 9.06. The molecule has 2 aromatic carbocycles. The van der Waals surface area contributed by atoms with Crippen LogP contribution in [-0.2, 0) is 16.0 Å². The van der Waals surface area contributed by atoms with Gasteiger partial charge in [-0.2, -0.15) is 0 Å². The third kappa shape index (κ3) is 4.76. The van der Waals surface area contributed by atoms with Crippen molar-refractivity contribution in [2.24, 2.45) is 5.73 Å². The first-order valence-corrected chi connectivity index (χ1v) is 11.4. The number of hydrogen-bond acceptors (Lipinski definition) is 5. The number of fused-ring (bicyclic) bond motifs is 2. The van der Waals surface area contributed by atoms with Gasteiger partial charge in [0.25, 0.3) is 5.91 Å². The lowest BCUT2D eigenvalue weighted by Crippen LogP contribution is -2.42. The molecule has 0 saturated heterocycles. The normalized spacial score (nSPS) is 15.0. The van der Waals surface area contributed by atoms with Gasteiger partial charge in [0.2, 0.25) is 0 Å². The maximum absolute atomic E-state index is 13.3. The first-order valence-electron chi connectivity index (χ1n) is 10.6. The minimum atomic E-state index is -1.22. The van der Waals surface area contributed by atoms with Crippen LogP contribution in [0.5, 0.6) is 0 Å². The predicted octanol–water partition coefficient (Wildman–Crippen LogP) is 5.16. The average Bonchev–Trinajstić information content (AvgIpc) is 2.80. The predicted molar refractivity (Wildman–Crippen MR) is 132 cm³/mol. The number of nitrogens with one attached hydrogen (secondary N) is 1. The lowest BCUT2D eigenvalue weighted by molar-refractivity contribution is -0.127. The fourth-order valence-electron chi connectivity index (χ4n) is 4.02. The van der Waals surface area contributed by atoms with E-state index in [-0.39, 0.29) is 0 Å². The number of amides is 3. The Morgan fingerprint density at radius 2 is 1.88 bits per heavy atom. The molecular weight excluding hydrogens is 477 g/mol. The Bertz CT molecular complexity index is 1350. The van der Waals surface area contributed by atoms with Gasteiger partial charge in [0.15, 0.2) is 6.10 Å². The number of esters is 1. The molecule has 9 heteroatoms. The topological polar surface area (TPSA) is 111 Å². The van der Waals surface area contributed by atoms with Crippen LogP contribution in [0.3, 0.4) is 0 Å². The number of benzene rings is 2. The van der Waals surface area contributed by atoms with Crippen LogP contribution >= 0.6 is 23.2 Å². The highest BCUT2D eigenvalue weighted by Gasteiger charge is 2.28. The van der Waals surface area contributed by atoms with Gasteiger partial charge >= 0.3 is 12.0 Å². The van der Waals surface area contributed by atoms with Gasteiger partial charge in [0.1, 0.15) is 0 Å². The zero-order valence-corrected chi connectivity index (χ0v) is 19.7. The van der Waals surface area contributed by atoms with Crippen LogP contribution in [0.1, 0.15) is 46.9 Å². The smallest absolute Gasteiger partial charge is 0.339 e. The zero-order valence-electron chi connectivity index (χ0n) is 18.2. The van der Waals surface area contributed by atoms with Crippen LogP contribution in [0.4, 0.5) is 4.79 Å². The number of para-hydroxylation sites is 1. The lowest BCUT2D eigenvalue weighted by Gasteiger charge is -2.23. The van der Waals surface area contributed by atoms with E-state index in [1.54, 1.807) is 12.1 Å². The fourth-order valence-corrected chi connectivity index (χ4v) is 4.39. The highest BCUT2D eigenvalue weighted by atomic mass is 35.5. The van der Waals surface area contributed by atoms with Gasteiger partial charge in [-0.1, -0.05) is 53.5 Å². The molecule has 3 N–H and O–H groups in total. The highest BCUT2D eigenvalue weighted by molar-refractivity contribution is 6.43. The number of hydrogen-bond donors (Lipinski definition) is 2. The molecule has 1 aromatic heterocycles. The van der Waals surface area contributed by atoms with Crippen molar-refractivity contribution in [1.29, 1.82) is 0 Å². The molecule has 1 atom stereocenters. The SMILES string of the molecule is C[C@@H](OC(=O)c1c2c(nc3ccccc13)/C(=C/c1cccc(Cl)c1Cl)CCC2)C(=O)NC(N)=O. The van der Waals surface area contributed by atoms with Gasteiger partial charge in [0.05, 0.1) is 26.8 Å². The van der Waals surface area contributed by atoms with Crippen molar-refractivity contribution in [1.82, 2.24) is 10.3 Å². The van der Waals surface area contributed by atoms with Crippen LogP contribution in [0.15, 0.2) is 42.5 Å². The van der Waals surface area contributed by atoms with Crippen molar-refractivity contribution >= 4 is 63.7 Å². The van der Waals surface area contributed by atoms with Crippen molar-refractivity contribution in [2.45, 2.75) is 32.3 Å². The van der Waals surface area contributed by atoms with Gasteiger partial charge in [-0.3, -0.25) is 10.1 Å². The summed E-state index contributed by atoms with van der Waals surface area (Å²) in [4.78, 5) is 41.2. The molecule has 0 aliphatic heterocycles. The molecule has 1 aliphatic carbocycles. The number of nitrogens with two attached hydrogens (primary N) is 1. The Hall–Kier alpha value is -3.42. The molecule has 0 unspecified atom stereocenters. The van der Waals surface area contributed by atoms with Crippen molar-refractivity contribution in [3.8, 4) is 0 Å². The molecule has 0 fully saturated rings. The monoisotopic (exact) mass is 497 g/mol. The summed E-state index contributed by atoms with van der Waals surface area (Å²) in [6.45, 7) is 1.37. The van der Waals surface area contributed by atoms with E-state index in [1.807, 2.05) is 41.7 Å². The van der Waals surface area contributed by atoms with Crippen molar-refractivity contribution in [2.75, 3.05) is 0 Å². The summed E-state index contributed by atoms with van der Waals surface area (Å²) in [6.07, 6.45) is 2.86. The number of imide groups is 1. The molecule has 1 aliphatic rings. The number of primary amides is 1. The number of halogens is 2. The molecular formula is C25H21Cl2N3O4. The average molecular weight is 498 g/mol. The molecule has 0 spiro atoms. The van der Waals surface area contributed by atoms with E-state index in [4.69, 9.17) is 38.7 Å². The molecule has 7 nitrogen and oxygen atoms in total. The number of pyridine rings is 1. The second-order valence-corrected chi connectivity index (χ2v) is 8.68. The third-order valence-corrected chi connectivity index (χ3v) is 6.42. The number of urea groups is 1. The number of carbonyl (C=O) groups is 3. The molecule has 4 rings (SSSR count). The van der Waals surface area contributed by atoms with Crippen LogP contribution in [0.2, 0.25) is 10.0 Å². The van der Waals surface area contributed by atoms with E-state index in [0.29, 0.717) is 38.6 Å². The van der Waals surface area contributed by atoms with Crippen LogP contribution in [-0.4, -0.2) is 29.0 Å². The molecule has 0 saturated carbocycles. The molecule has 3 amide bonds. The Labute approximate surface area is 205 Å². The van der Waals surface area contributed by atoms with Crippen molar-refractivity contribution in [3.05, 3.63) is 74.9 Å². The zero-order chi connectivity index (χ0) is 24.4. The number of allylic oxidation sites excluding steroid dienone is 1. The Morgan fingerprint density at radius 3 is 2.65 bits per heavy atom. The molecule has 174 valence electrons. The Balaban J connectivity index is 1.82. The van der Waals surface area contributed by atoms with Gasteiger partial charge in [-0.25, -0.2) is 14.6 Å². The molecule has 34 heavy (non-hydrogen) atoms. The maximum atomic E-state index is 13.3. The minimum absolute atomic E-state index is 0.349. The fraction of sp³-hybridized carbons (Fsp3) is 0.200. The Morgan fingerprint density at radius 1 is 1.12 bits per heavy atom. The maximum Gasteiger partial charge on any atom is 0.339 e. The lowest BCUT2D eigenvalue weighted by atomic mass is 9.86. The van der Waals surface area contributed by atoms with Crippen LogP contribution in [0.25, 0.3) is 22.6 Å². The quantitative estimate of drug-likeness (QED) is 0.483. The highest BCUT2D eigenvalue weighted by Crippen LogP contribution is 2.38. The molecule has 0 bridgehead atoms. The van der Waals surface area contributed by atoms with Gasteiger partial charge < -0.3 is 10.5 Å². The van der Waals surface area contributed by atoms with Crippen molar-refractivity contribution < 1.29 is 19.1 Å². The molecule has 1 heterocycles. The number of aromatic nitrogens is 1. The van der Waals surface area contributed by atoms with Gasteiger partial charge in [0, 0.05) is 5.39 Å². The van der Waals surface area contributed by atoms with E-state index in [2.05, 4.69) is 0 Å². The Kier molecular flexibility index (Phi) is 6.86. The summed E-state index contributed by atoms with van der Waals surface area (Å²) in [6, 6.07) is 11.6. The van der Waals surface area contributed by atoms with E-state index in [1.165, 1.54) is 6.92 Å². The molecule has 0 radical (unpaired) electrons. The van der Waals surface area contributed by atoms with Crippen molar-refractivity contribution in [3.63, 3.8) is 0 Å². The summed E-state index contributed by atoms with van der Waals surface area (Å²) >= 11 is 12.6. The number of rotatable bonds is 4. The van der Waals surface area contributed by atoms with E-state index >= 15 is 0 Å². The summed E-state index contributed by atoms with van der Waals surface area (Å²) < 4.78 is 5.42. The van der Waals surface area contributed by atoms with E-state index in [0.717, 1.165) is 29.5 Å². The van der Waals surface area contributed by atoms with E-state index in [9.17, 15) is 14.4 Å². The second kappa shape index (κ2) is 9.83. The third-order valence-electron chi connectivity index (χ3n) is 5.59. The minimum Gasteiger partial charge on any atom is -0.449 e. The van der Waals surface area contributed by atoms with Crippen LogP contribution in [0, 0.1) is 0 Å². The summed E-state index contributed by atoms with van der Waals surface area (Å²) in [5.74, 6) is -1.48.